The number of hydrogen-bond donors (Lipinski definition) is 2. The number of rotatable bonds is 6. The number of amides is 2. The van der Waals surface area contributed by atoms with Crippen LogP contribution in [0.4, 0.5) is 4.79 Å². The molecule has 0 aromatic rings. The largest absolute Gasteiger partial charge is 0.480 e. The van der Waals surface area contributed by atoms with Crippen LogP contribution in [0.15, 0.2) is 0 Å². The molecule has 0 spiro atoms. The van der Waals surface area contributed by atoms with Crippen LogP contribution in [0.2, 0.25) is 0 Å². The third-order valence-electron chi connectivity index (χ3n) is 2.91. The zero-order valence-electron chi connectivity index (χ0n) is 10.8. The molecule has 0 saturated heterocycles. The van der Waals surface area contributed by atoms with E-state index in [9.17, 15) is 9.59 Å². The molecule has 17 heavy (non-hydrogen) atoms. The lowest BCUT2D eigenvalue weighted by molar-refractivity contribution is -0.138. The van der Waals surface area contributed by atoms with Crippen molar-refractivity contribution in [1.82, 2.24) is 10.2 Å². The van der Waals surface area contributed by atoms with Gasteiger partial charge < -0.3 is 15.3 Å². The maximum Gasteiger partial charge on any atom is 0.325 e. The Morgan fingerprint density at radius 3 is 2.35 bits per heavy atom. The number of carbonyl (C=O) groups is 2. The average Bonchev–Trinajstić information content (AvgIpc) is 3.01. The zero-order chi connectivity index (χ0) is 13.0. The number of hydrogen-bond acceptors (Lipinski definition) is 2. The van der Waals surface area contributed by atoms with Crippen LogP contribution in [0.3, 0.4) is 0 Å². The van der Waals surface area contributed by atoms with Crippen molar-refractivity contribution in [1.29, 1.82) is 0 Å². The van der Waals surface area contributed by atoms with Crippen LogP contribution in [-0.2, 0) is 4.79 Å². The van der Waals surface area contributed by atoms with E-state index in [0.717, 1.165) is 19.3 Å². The molecule has 0 heterocycles. The smallest absolute Gasteiger partial charge is 0.325 e. The van der Waals surface area contributed by atoms with Gasteiger partial charge in [0.05, 0.1) is 0 Å². The third kappa shape index (κ3) is 4.63. The van der Waals surface area contributed by atoms with Crippen molar-refractivity contribution < 1.29 is 14.7 Å². The number of aliphatic carboxylic acids is 1. The number of nitrogens with one attached hydrogen (secondary N) is 1. The molecule has 0 unspecified atom stereocenters. The second-order valence-corrected chi connectivity index (χ2v) is 5.12. The van der Waals surface area contributed by atoms with Gasteiger partial charge in [0.15, 0.2) is 0 Å². The molecule has 1 aliphatic carbocycles. The van der Waals surface area contributed by atoms with E-state index in [1.165, 1.54) is 6.92 Å². The van der Waals surface area contributed by atoms with E-state index >= 15 is 0 Å². The summed E-state index contributed by atoms with van der Waals surface area (Å²) in [5.41, 5.74) is 0. The molecule has 98 valence electrons. The molecule has 5 heteroatoms. The van der Waals surface area contributed by atoms with E-state index < -0.39 is 12.0 Å². The average molecular weight is 242 g/mol. The Bertz CT molecular complexity index is 287. The minimum atomic E-state index is -1.00. The van der Waals surface area contributed by atoms with Gasteiger partial charge in [0.2, 0.25) is 0 Å². The molecule has 1 atom stereocenters. The van der Waals surface area contributed by atoms with Crippen LogP contribution in [0, 0.1) is 5.92 Å². The van der Waals surface area contributed by atoms with Gasteiger partial charge in [-0.3, -0.25) is 4.79 Å². The molecule has 0 aromatic heterocycles. The van der Waals surface area contributed by atoms with Crippen molar-refractivity contribution in [2.75, 3.05) is 6.54 Å². The van der Waals surface area contributed by atoms with Crippen molar-refractivity contribution >= 4 is 12.0 Å². The van der Waals surface area contributed by atoms with E-state index in [0.29, 0.717) is 18.5 Å². The number of carboxylic acid groups (broad SMARTS) is 1. The summed E-state index contributed by atoms with van der Waals surface area (Å²) in [5, 5.41) is 11.3. The number of urea groups is 1. The Hall–Kier alpha value is -1.26. The molecule has 1 rings (SSSR count). The van der Waals surface area contributed by atoms with Gasteiger partial charge in [0.1, 0.15) is 6.04 Å². The Labute approximate surface area is 102 Å². The lowest BCUT2D eigenvalue weighted by atomic mass is 10.1. The predicted octanol–water partition coefficient (Wildman–Crippen LogP) is 1.68. The summed E-state index contributed by atoms with van der Waals surface area (Å²) in [6, 6.07) is -0.763. The maximum absolute atomic E-state index is 11.9. The lowest BCUT2D eigenvalue weighted by Crippen LogP contribution is -2.48. The van der Waals surface area contributed by atoms with Gasteiger partial charge in [-0.25, -0.2) is 4.79 Å². The number of carbonyl (C=O) groups excluding carboxylic acids is 1. The Morgan fingerprint density at radius 2 is 1.94 bits per heavy atom. The summed E-state index contributed by atoms with van der Waals surface area (Å²) in [5.74, 6) is -0.459. The van der Waals surface area contributed by atoms with Crippen LogP contribution in [0.25, 0.3) is 0 Å². The van der Waals surface area contributed by atoms with Crippen LogP contribution >= 0.6 is 0 Å². The SMILES string of the molecule is CC(C)CCN(C(=O)N[C@H](C)C(=O)O)C1CC1. The number of nitrogens with zero attached hydrogens (tertiary/aromatic N) is 1. The normalized spacial score (nSPS) is 16.7. The molecule has 2 amide bonds. The summed E-state index contributed by atoms with van der Waals surface area (Å²) in [7, 11) is 0. The molecule has 1 fully saturated rings. The van der Waals surface area contributed by atoms with Gasteiger partial charge >= 0.3 is 12.0 Å². The first-order chi connectivity index (χ1) is 7.91. The van der Waals surface area contributed by atoms with Crippen molar-refractivity contribution in [3.8, 4) is 0 Å². The predicted molar refractivity (Wildman–Crippen MR) is 64.8 cm³/mol. The standard InChI is InChI=1S/C12H22N2O3/c1-8(2)6-7-14(10-4-5-10)12(17)13-9(3)11(15)16/h8-10H,4-7H2,1-3H3,(H,13,17)(H,15,16)/t9-/m1/s1. The van der Waals surface area contributed by atoms with Crippen molar-refractivity contribution in [3.05, 3.63) is 0 Å². The van der Waals surface area contributed by atoms with Crippen LogP contribution < -0.4 is 5.32 Å². The van der Waals surface area contributed by atoms with Gasteiger partial charge in [-0.15, -0.1) is 0 Å². The lowest BCUT2D eigenvalue weighted by Gasteiger charge is -2.24. The second kappa shape index (κ2) is 5.89. The van der Waals surface area contributed by atoms with E-state index in [4.69, 9.17) is 5.11 Å². The summed E-state index contributed by atoms with van der Waals surface area (Å²) < 4.78 is 0. The Kier molecular flexibility index (Phi) is 4.78. The molecule has 2 N–H and O–H groups in total. The van der Waals surface area contributed by atoms with E-state index in [-0.39, 0.29) is 6.03 Å². The molecular formula is C12H22N2O3. The highest BCUT2D eigenvalue weighted by molar-refractivity contribution is 5.82. The first-order valence-electron chi connectivity index (χ1n) is 6.21. The minimum Gasteiger partial charge on any atom is -0.480 e. The van der Waals surface area contributed by atoms with Gasteiger partial charge in [0, 0.05) is 12.6 Å². The topological polar surface area (TPSA) is 69.6 Å². The summed E-state index contributed by atoms with van der Waals surface area (Å²) in [4.78, 5) is 24.4. The molecule has 0 bridgehead atoms. The molecular weight excluding hydrogens is 220 g/mol. The second-order valence-electron chi connectivity index (χ2n) is 5.12. The molecule has 0 aromatic carbocycles. The third-order valence-corrected chi connectivity index (χ3v) is 2.91. The summed E-state index contributed by atoms with van der Waals surface area (Å²) in [6.45, 7) is 6.42. The Balaban J connectivity index is 2.46. The fraction of sp³-hybridized carbons (Fsp3) is 0.833. The van der Waals surface area contributed by atoms with E-state index in [1.54, 1.807) is 4.90 Å². The van der Waals surface area contributed by atoms with Gasteiger partial charge in [-0.05, 0) is 32.1 Å². The molecule has 1 saturated carbocycles. The first-order valence-corrected chi connectivity index (χ1v) is 6.21. The first kappa shape index (κ1) is 13.8. The zero-order valence-corrected chi connectivity index (χ0v) is 10.8. The quantitative estimate of drug-likeness (QED) is 0.744. The van der Waals surface area contributed by atoms with E-state index in [1.807, 2.05) is 0 Å². The van der Waals surface area contributed by atoms with Crippen molar-refractivity contribution in [3.63, 3.8) is 0 Å². The molecule has 0 radical (unpaired) electrons. The van der Waals surface area contributed by atoms with Gasteiger partial charge in [0.25, 0.3) is 0 Å². The highest BCUT2D eigenvalue weighted by atomic mass is 16.4. The fourth-order valence-electron chi connectivity index (χ4n) is 1.56. The monoisotopic (exact) mass is 242 g/mol. The minimum absolute atomic E-state index is 0.247. The molecule has 1 aliphatic rings. The maximum atomic E-state index is 11.9. The fourth-order valence-corrected chi connectivity index (χ4v) is 1.56. The van der Waals surface area contributed by atoms with Gasteiger partial charge in [-0.2, -0.15) is 0 Å². The molecule has 0 aliphatic heterocycles. The summed E-state index contributed by atoms with van der Waals surface area (Å²) >= 11 is 0. The highest BCUT2D eigenvalue weighted by Crippen LogP contribution is 2.27. The van der Waals surface area contributed by atoms with Crippen molar-refractivity contribution in [2.24, 2.45) is 5.92 Å². The van der Waals surface area contributed by atoms with Crippen molar-refractivity contribution in [2.45, 2.75) is 52.1 Å². The van der Waals surface area contributed by atoms with Crippen LogP contribution in [-0.4, -0.2) is 40.6 Å². The number of carboxylic acids is 1. The Morgan fingerprint density at radius 1 is 1.35 bits per heavy atom. The van der Waals surface area contributed by atoms with Gasteiger partial charge in [-0.1, -0.05) is 13.8 Å². The van der Waals surface area contributed by atoms with Crippen LogP contribution in [0.5, 0.6) is 0 Å². The molecule has 5 nitrogen and oxygen atoms in total. The summed E-state index contributed by atoms with van der Waals surface area (Å²) in [6.07, 6.45) is 3.02. The van der Waals surface area contributed by atoms with Crippen LogP contribution in [0.1, 0.15) is 40.0 Å². The van der Waals surface area contributed by atoms with E-state index in [2.05, 4.69) is 19.2 Å². The highest BCUT2D eigenvalue weighted by Gasteiger charge is 2.33.